The van der Waals surface area contributed by atoms with E-state index in [0.717, 1.165) is 37.2 Å². The fourth-order valence-corrected chi connectivity index (χ4v) is 3.22. The van der Waals surface area contributed by atoms with Crippen LogP contribution < -0.4 is 10.2 Å². The third kappa shape index (κ3) is 6.50. The van der Waals surface area contributed by atoms with Gasteiger partial charge in [-0.05, 0) is 51.3 Å². The highest BCUT2D eigenvalue weighted by Crippen LogP contribution is 2.37. The highest BCUT2D eigenvalue weighted by Gasteiger charge is 2.19. The molecule has 0 fully saturated rings. The zero-order valence-electron chi connectivity index (χ0n) is 14.9. The molecule has 1 aromatic carbocycles. The van der Waals surface area contributed by atoms with Crippen molar-refractivity contribution in [3.8, 4) is 0 Å². The molecule has 0 radical (unpaired) electrons. The largest absolute Gasteiger partial charge is 0.387 e. The van der Waals surface area contributed by atoms with Crippen molar-refractivity contribution in [2.75, 3.05) is 24.5 Å². The number of halogens is 2. The molecule has 0 aliphatic heterocycles. The summed E-state index contributed by atoms with van der Waals surface area (Å²) in [6, 6.07) is 3.66. The second-order valence-corrected chi connectivity index (χ2v) is 7.78. The third-order valence-corrected chi connectivity index (χ3v) is 4.13. The summed E-state index contributed by atoms with van der Waals surface area (Å²) in [5.41, 5.74) is 1.57. The van der Waals surface area contributed by atoms with Gasteiger partial charge in [-0.1, -0.05) is 37.0 Å². The van der Waals surface area contributed by atoms with Gasteiger partial charge in [0, 0.05) is 25.2 Å². The maximum absolute atomic E-state index is 10.4. The summed E-state index contributed by atoms with van der Waals surface area (Å²) in [6.07, 6.45) is 1.43. The molecule has 23 heavy (non-hydrogen) atoms. The number of hydrogen-bond donors (Lipinski definition) is 2. The van der Waals surface area contributed by atoms with Gasteiger partial charge in [0.2, 0.25) is 0 Å². The summed E-state index contributed by atoms with van der Waals surface area (Å²) < 4.78 is 0. The number of rotatable bonds is 8. The summed E-state index contributed by atoms with van der Waals surface area (Å²) in [5.74, 6) is 0. The van der Waals surface area contributed by atoms with Gasteiger partial charge in [-0.15, -0.1) is 0 Å². The normalized spacial score (nSPS) is 13.2. The molecule has 0 bridgehead atoms. The van der Waals surface area contributed by atoms with E-state index in [4.69, 9.17) is 23.2 Å². The number of β-amino-alcohol motifs (C(OH)–C–C–N with tert-alkyl or cyclic N) is 1. The Labute approximate surface area is 151 Å². The van der Waals surface area contributed by atoms with Crippen molar-refractivity contribution in [3.63, 3.8) is 0 Å². The van der Waals surface area contributed by atoms with Gasteiger partial charge in [-0.25, -0.2) is 0 Å². The van der Waals surface area contributed by atoms with E-state index >= 15 is 0 Å². The minimum absolute atomic E-state index is 0.0481. The average Bonchev–Trinajstić information content (AvgIpc) is 2.43. The van der Waals surface area contributed by atoms with Crippen molar-refractivity contribution in [1.29, 1.82) is 0 Å². The molecule has 0 heterocycles. The van der Waals surface area contributed by atoms with Gasteiger partial charge in [0.25, 0.3) is 0 Å². The number of aliphatic hydroxyl groups excluding tert-OH is 1. The smallest absolute Gasteiger partial charge is 0.0915 e. The number of benzene rings is 1. The first kappa shape index (κ1) is 20.6. The van der Waals surface area contributed by atoms with Gasteiger partial charge in [0.05, 0.1) is 21.8 Å². The van der Waals surface area contributed by atoms with Crippen LogP contribution in [0.4, 0.5) is 5.69 Å². The van der Waals surface area contributed by atoms with E-state index in [2.05, 4.69) is 44.8 Å². The number of anilines is 1. The van der Waals surface area contributed by atoms with E-state index in [1.165, 1.54) is 0 Å². The third-order valence-electron chi connectivity index (χ3n) is 3.55. The lowest BCUT2D eigenvalue weighted by Gasteiger charge is -2.27. The van der Waals surface area contributed by atoms with Gasteiger partial charge >= 0.3 is 0 Å². The molecule has 2 N–H and O–H groups in total. The Bertz CT molecular complexity index is 471. The Morgan fingerprint density at radius 1 is 1.09 bits per heavy atom. The molecule has 0 spiro atoms. The van der Waals surface area contributed by atoms with Gasteiger partial charge in [0.1, 0.15) is 0 Å². The van der Waals surface area contributed by atoms with E-state index in [1.807, 2.05) is 12.1 Å². The second-order valence-electron chi connectivity index (χ2n) is 6.97. The lowest BCUT2D eigenvalue weighted by molar-refractivity contribution is 0.163. The standard InChI is InChI=1S/C18H30Cl2N2O/c1-6-8-22(9-7-2)17-14(19)10-13(11-15(17)20)16(23)12-21-18(3,4)5/h10-11,16,21,23H,6-9,12H2,1-5H3. The fourth-order valence-electron chi connectivity index (χ4n) is 2.48. The zero-order chi connectivity index (χ0) is 17.6. The van der Waals surface area contributed by atoms with E-state index in [-0.39, 0.29) is 5.54 Å². The maximum Gasteiger partial charge on any atom is 0.0915 e. The van der Waals surface area contributed by atoms with E-state index in [1.54, 1.807) is 0 Å². The van der Waals surface area contributed by atoms with E-state index in [0.29, 0.717) is 16.6 Å². The minimum atomic E-state index is -0.635. The van der Waals surface area contributed by atoms with Crippen molar-refractivity contribution >= 4 is 28.9 Å². The topological polar surface area (TPSA) is 35.5 Å². The highest BCUT2D eigenvalue weighted by atomic mass is 35.5. The Balaban J connectivity index is 2.99. The molecule has 1 aromatic rings. The van der Waals surface area contributed by atoms with Crippen molar-refractivity contribution in [2.45, 2.75) is 59.1 Å². The zero-order valence-corrected chi connectivity index (χ0v) is 16.4. The first-order chi connectivity index (χ1) is 10.7. The molecular weight excluding hydrogens is 331 g/mol. The van der Waals surface area contributed by atoms with Crippen LogP contribution in [0.5, 0.6) is 0 Å². The molecule has 0 aliphatic rings. The molecule has 5 heteroatoms. The van der Waals surface area contributed by atoms with E-state index in [9.17, 15) is 5.11 Å². The molecule has 1 rings (SSSR count). The fraction of sp³-hybridized carbons (Fsp3) is 0.667. The van der Waals surface area contributed by atoms with E-state index < -0.39 is 6.10 Å². The van der Waals surface area contributed by atoms with Crippen LogP contribution in [0, 0.1) is 0 Å². The van der Waals surface area contributed by atoms with Crippen LogP contribution in [0.1, 0.15) is 59.1 Å². The lowest BCUT2D eigenvalue weighted by Crippen LogP contribution is -2.38. The summed E-state index contributed by atoms with van der Waals surface area (Å²) >= 11 is 13.0. The van der Waals surface area contributed by atoms with Crippen molar-refractivity contribution < 1.29 is 5.11 Å². The number of nitrogens with zero attached hydrogens (tertiary/aromatic N) is 1. The van der Waals surface area contributed by atoms with Crippen LogP contribution >= 0.6 is 23.2 Å². The van der Waals surface area contributed by atoms with Crippen molar-refractivity contribution in [1.82, 2.24) is 5.32 Å². The Morgan fingerprint density at radius 3 is 1.96 bits per heavy atom. The molecule has 0 saturated heterocycles. The Morgan fingerprint density at radius 2 is 1.57 bits per heavy atom. The van der Waals surface area contributed by atoms with Crippen LogP contribution in [0.25, 0.3) is 0 Å². The molecule has 0 saturated carbocycles. The van der Waals surface area contributed by atoms with Gasteiger partial charge in [-0.2, -0.15) is 0 Å². The molecule has 0 amide bonds. The summed E-state index contributed by atoms with van der Waals surface area (Å²) in [6.45, 7) is 12.8. The average molecular weight is 361 g/mol. The number of aliphatic hydroxyl groups is 1. The van der Waals surface area contributed by atoms with Crippen LogP contribution in [0.2, 0.25) is 10.0 Å². The SMILES string of the molecule is CCCN(CCC)c1c(Cl)cc(C(O)CNC(C)(C)C)cc1Cl. The van der Waals surface area contributed by atoms with Crippen LogP contribution in [-0.4, -0.2) is 30.3 Å². The summed E-state index contributed by atoms with van der Waals surface area (Å²) in [4.78, 5) is 2.22. The van der Waals surface area contributed by atoms with Crippen molar-refractivity contribution in [2.24, 2.45) is 0 Å². The molecule has 0 aliphatic carbocycles. The summed E-state index contributed by atoms with van der Waals surface area (Å²) in [7, 11) is 0. The monoisotopic (exact) mass is 360 g/mol. The maximum atomic E-state index is 10.4. The summed E-state index contributed by atoms with van der Waals surface area (Å²) in [5, 5.41) is 14.9. The lowest BCUT2D eigenvalue weighted by atomic mass is 10.1. The van der Waals surface area contributed by atoms with Gasteiger partial charge in [-0.3, -0.25) is 0 Å². The minimum Gasteiger partial charge on any atom is -0.387 e. The first-order valence-corrected chi connectivity index (χ1v) is 9.12. The second kappa shape index (κ2) is 9.12. The molecule has 1 atom stereocenters. The van der Waals surface area contributed by atoms with Crippen LogP contribution in [-0.2, 0) is 0 Å². The predicted octanol–water partition coefficient (Wildman–Crippen LogP) is 5.04. The first-order valence-electron chi connectivity index (χ1n) is 8.36. The van der Waals surface area contributed by atoms with Gasteiger partial charge < -0.3 is 15.3 Å². The molecule has 3 nitrogen and oxygen atoms in total. The molecule has 132 valence electrons. The number of hydrogen-bond acceptors (Lipinski definition) is 3. The Kier molecular flexibility index (Phi) is 8.15. The van der Waals surface area contributed by atoms with Crippen LogP contribution in [0.3, 0.4) is 0 Å². The quantitative estimate of drug-likeness (QED) is 0.681. The Hall–Kier alpha value is -0.480. The highest BCUT2D eigenvalue weighted by molar-refractivity contribution is 6.39. The van der Waals surface area contributed by atoms with Crippen molar-refractivity contribution in [3.05, 3.63) is 27.7 Å². The number of nitrogens with one attached hydrogen (secondary N) is 1. The molecular formula is C18H30Cl2N2O. The molecule has 1 unspecified atom stereocenters. The predicted molar refractivity (Wildman–Crippen MR) is 102 cm³/mol. The van der Waals surface area contributed by atoms with Crippen LogP contribution in [0.15, 0.2) is 12.1 Å². The molecule has 0 aromatic heterocycles. The van der Waals surface area contributed by atoms with Gasteiger partial charge in [0.15, 0.2) is 0 Å².